The summed E-state index contributed by atoms with van der Waals surface area (Å²) in [6.45, 7) is 1.97. The van der Waals surface area contributed by atoms with E-state index in [2.05, 4.69) is 10.3 Å². The van der Waals surface area contributed by atoms with Crippen molar-refractivity contribution in [3.05, 3.63) is 18.3 Å². The Hall–Kier alpha value is -2.41. The number of rotatable bonds is 6. The van der Waals surface area contributed by atoms with Gasteiger partial charge in [-0.2, -0.15) is 4.31 Å². The van der Waals surface area contributed by atoms with Gasteiger partial charge in [0, 0.05) is 37.7 Å². The molecule has 206 valence electrons. The first kappa shape index (κ1) is 25.8. The van der Waals surface area contributed by atoms with Gasteiger partial charge in [0.1, 0.15) is 10.7 Å². The van der Waals surface area contributed by atoms with Gasteiger partial charge in [-0.05, 0) is 74.8 Å². The molecular weight excluding hydrogens is 510 g/mol. The number of imide groups is 1. The van der Waals surface area contributed by atoms with Crippen LogP contribution in [0.1, 0.15) is 51.9 Å². The first-order valence-electron chi connectivity index (χ1n) is 13.5. The van der Waals surface area contributed by atoms with Crippen molar-refractivity contribution in [2.75, 3.05) is 31.1 Å². The molecule has 1 aromatic rings. The van der Waals surface area contributed by atoms with Crippen LogP contribution < -0.4 is 16.0 Å². The number of sulfonamides is 1. The summed E-state index contributed by atoms with van der Waals surface area (Å²) in [5.41, 5.74) is 5.15. The largest absolute Gasteiger partial charge is 0.363 e. The third-order valence-corrected chi connectivity index (χ3v) is 11.4. The minimum Gasteiger partial charge on any atom is -0.363 e. The second kappa shape index (κ2) is 9.07. The van der Waals surface area contributed by atoms with Gasteiger partial charge < -0.3 is 15.8 Å². The molecule has 38 heavy (non-hydrogen) atoms. The Morgan fingerprint density at radius 1 is 1.11 bits per heavy atom. The fourth-order valence-electron chi connectivity index (χ4n) is 7.59. The van der Waals surface area contributed by atoms with E-state index < -0.39 is 21.2 Å². The molecule has 4 saturated carbocycles. The molecule has 0 aromatic carbocycles. The topological polar surface area (TPSA) is 152 Å². The van der Waals surface area contributed by atoms with E-state index in [9.17, 15) is 22.8 Å². The number of nitrogens with zero attached hydrogens (tertiary/aromatic N) is 3. The van der Waals surface area contributed by atoms with Crippen LogP contribution in [0.15, 0.2) is 23.2 Å². The molecule has 3 amide bonds. The van der Waals surface area contributed by atoms with E-state index in [1.54, 1.807) is 6.92 Å². The average molecular weight is 546 g/mol. The van der Waals surface area contributed by atoms with Gasteiger partial charge in [-0.3, -0.25) is 14.4 Å². The normalized spacial score (nSPS) is 37.2. The zero-order chi connectivity index (χ0) is 26.9. The predicted molar refractivity (Wildman–Crippen MR) is 136 cm³/mol. The van der Waals surface area contributed by atoms with Crippen LogP contribution >= 0.6 is 0 Å². The lowest BCUT2D eigenvalue weighted by molar-refractivity contribution is -0.153. The monoisotopic (exact) mass is 545 g/mol. The molecule has 0 radical (unpaired) electrons. The molecule has 7 rings (SSSR count). The SMILES string of the molecule is C[C@]1(C(=O)NCC2(N)C3CC4CC(C3)CC2C4)CN(S(=O)(=O)c2ccc(N3C(=O)CCC3=O)nc2)CCO1. The second-order valence-corrected chi connectivity index (χ2v) is 13.9. The molecule has 1 aromatic heterocycles. The van der Waals surface area contributed by atoms with Crippen molar-refractivity contribution in [3.8, 4) is 0 Å². The highest BCUT2D eigenvalue weighted by molar-refractivity contribution is 7.89. The molecule has 6 aliphatic rings. The fourth-order valence-corrected chi connectivity index (χ4v) is 9.04. The molecule has 2 aliphatic heterocycles. The number of ether oxygens (including phenoxy) is 1. The minimum absolute atomic E-state index is 0.0633. The molecular formula is C26H35N5O6S. The number of nitrogens with one attached hydrogen (secondary N) is 1. The summed E-state index contributed by atoms with van der Waals surface area (Å²) in [5.74, 6) is 1.38. The third kappa shape index (κ3) is 4.16. The number of carbonyl (C=O) groups is 3. The van der Waals surface area contributed by atoms with Crippen LogP contribution in [0.2, 0.25) is 0 Å². The Balaban J connectivity index is 1.13. The van der Waals surface area contributed by atoms with Crippen molar-refractivity contribution >= 4 is 33.6 Å². The highest BCUT2D eigenvalue weighted by Crippen LogP contribution is 2.57. The minimum atomic E-state index is -4.00. The van der Waals surface area contributed by atoms with Crippen LogP contribution in [0, 0.1) is 23.7 Å². The van der Waals surface area contributed by atoms with E-state index in [1.165, 1.54) is 22.9 Å². The van der Waals surface area contributed by atoms with E-state index in [4.69, 9.17) is 10.5 Å². The number of morpholine rings is 1. The average Bonchev–Trinajstić information content (AvgIpc) is 3.23. The van der Waals surface area contributed by atoms with Crippen molar-refractivity contribution < 1.29 is 27.5 Å². The molecule has 3 heterocycles. The van der Waals surface area contributed by atoms with Crippen molar-refractivity contribution in [3.63, 3.8) is 0 Å². The zero-order valence-corrected chi connectivity index (χ0v) is 22.4. The van der Waals surface area contributed by atoms with Gasteiger partial charge in [0.25, 0.3) is 5.91 Å². The number of nitrogens with two attached hydrogens (primary N) is 1. The lowest BCUT2D eigenvalue weighted by atomic mass is 9.49. The van der Waals surface area contributed by atoms with Crippen molar-refractivity contribution in [2.45, 2.75) is 67.9 Å². The molecule has 2 saturated heterocycles. The van der Waals surface area contributed by atoms with Gasteiger partial charge in [-0.25, -0.2) is 18.3 Å². The summed E-state index contributed by atoms with van der Waals surface area (Å²) in [6, 6.07) is 2.68. The lowest BCUT2D eigenvalue weighted by Gasteiger charge is -2.60. The summed E-state index contributed by atoms with van der Waals surface area (Å²) >= 11 is 0. The van der Waals surface area contributed by atoms with Crippen LogP contribution in [-0.2, 0) is 29.1 Å². The Labute approximate surface area is 222 Å². The number of pyridine rings is 1. The molecule has 4 bridgehead atoms. The van der Waals surface area contributed by atoms with Gasteiger partial charge in [-0.1, -0.05) is 0 Å². The molecule has 0 spiro atoms. The number of carbonyl (C=O) groups excluding carboxylic acids is 3. The molecule has 4 aliphatic carbocycles. The van der Waals surface area contributed by atoms with Gasteiger partial charge in [-0.15, -0.1) is 0 Å². The van der Waals surface area contributed by atoms with E-state index in [0.29, 0.717) is 18.4 Å². The lowest BCUT2D eigenvalue weighted by Crippen LogP contribution is -2.68. The standard InChI is InChI=1S/C26H35N5O6S/c1-25(24(34)29-14-26(27)18-9-16-8-17(11-18)12-19(26)10-16)15-30(6-7-37-25)38(35,36)20-2-3-21(28-13-20)31-22(32)4-5-23(31)33/h2-3,13,16-19H,4-12,14-15,27H2,1H3,(H,29,34)/t16?,17?,18?,19?,25-,26?/m1/s1. The first-order chi connectivity index (χ1) is 18.0. The fraction of sp³-hybridized carbons (Fsp3) is 0.692. The van der Waals surface area contributed by atoms with Gasteiger partial charge in [0.15, 0.2) is 5.60 Å². The van der Waals surface area contributed by atoms with E-state index >= 15 is 0 Å². The predicted octanol–water partition coefficient (Wildman–Crippen LogP) is 0.784. The molecule has 12 heteroatoms. The van der Waals surface area contributed by atoms with Gasteiger partial charge >= 0.3 is 0 Å². The van der Waals surface area contributed by atoms with E-state index in [1.807, 2.05) is 0 Å². The summed E-state index contributed by atoms with van der Waals surface area (Å²) in [4.78, 5) is 42.3. The quantitative estimate of drug-likeness (QED) is 0.498. The second-order valence-electron chi connectivity index (χ2n) is 12.0. The number of anilines is 1. The Morgan fingerprint density at radius 3 is 2.32 bits per heavy atom. The van der Waals surface area contributed by atoms with Crippen LogP contribution in [0.4, 0.5) is 5.82 Å². The van der Waals surface area contributed by atoms with Crippen LogP contribution in [0.3, 0.4) is 0 Å². The van der Waals surface area contributed by atoms with Crippen molar-refractivity contribution in [1.29, 1.82) is 0 Å². The Bertz CT molecular complexity index is 1220. The maximum Gasteiger partial charge on any atom is 0.253 e. The number of aromatic nitrogens is 1. The van der Waals surface area contributed by atoms with E-state index in [-0.39, 0.29) is 61.0 Å². The maximum atomic E-state index is 13.4. The zero-order valence-electron chi connectivity index (χ0n) is 21.6. The molecule has 0 unspecified atom stereocenters. The summed E-state index contributed by atoms with van der Waals surface area (Å²) in [5, 5.41) is 3.03. The summed E-state index contributed by atoms with van der Waals surface area (Å²) in [6.07, 6.45) is 7.21. The third-order valence-electron chi connectivity index (χ3n) is 9.57. The Morgan fingerprint density at radius 2 is 1.74 bits per heavy atom. The van der Waals surface area contributed by atoms with Crippen molar-refractivity contribution in [1.82, 2.24) is 14.6 Å². The highest BCUT2D eigenvalue weighted by atomic mass is 32.2. The first-order valence-corrected chi connectivity index (χ1v) is 15.0. The number of amides is 3. The Kier molecular flexibility index (Phi) is 6.17. The number of hydrogen-bond donors (Lipinski definition) is 2. The molecule has 3 N–H and O–H groups in total. The molecule has 11 nitrogen and oxygen atoms in total. The molecule has 6 fully saturated rings. The van der Waals surface area contributed by atoms with Crippen LogP contribution in [-0.4, -0.2) is 72.8 Å². The highest BCUT2D eigenvalue weighted by Gasteiger charge is 2.55. The smallest absolute Gasteiger partial charge is 0.253 e. The van der Waals surface area contributed by atoms with Gasteiger partial charge in [0.2, 0.25) is 21.8 Å². The van der Waals surface area contributed by atoms with Crippen LogP contribution in [0.5, 0.6) is 0 Å². The molecule has 1 atom stereocenters. The number of hydrogen-bond acceptors (Lipinski definition) is 8. The van der Waals surface area contributed by atoms with Crippen LogP contribution in [0.25, 0.3) is 0 Å². The summed E-state index contributed by atoms with van der Waals surface area (Å²) in [7, 11) is -4.00. The van der Waals surface area contributed by atoms with Crippen molar-refractivity contribution in [2.24, 2.45) is 29.4 Å². The summed E-state index contributed by atoms with van der Waals surface area (Å²) < 4.78 is 33.9. The van der Waals surface area contributed by atoms with E-state index in [0.717, 1.165) is 48.6 Å². The maximum absolute atomic E-state index is 13.4. The van der Waals surface area contributed by atoms with Gasteiger partial charge in [0.05, 0.1) is 13.2 Å².